The molecule has 3 heteroatoms. The summed E-state index contributed by atoms with van der Waals surface area (Å²) < 4.78 is 5.09. The van der Waals surface area contributed by atoms with E-state index in [4.69, 9.17) is 4.74 Å². The van der Waals surface area contributed by atoms with Crippen LogP contribution < -0.4 is 4.74 Å². The van der Waals surface area contributed by atoms with Crippen LogP contribution in [0.2, 0.25) is 0 Å². The SMILES string of the molecule is CC(C)(C)C(=O)CCC(=O)Oc1ccccc1. The smallest absolute Gasteiger partial charge is 0.311 e. The molecule has 0 amide bonds. The van der Waals surface area contributed by atoms with Crippen molar-refractivity contribution in [3.8, 4) is 5.75 Å². The number of benzene rings is 1. The number of carbonyl (C=O) groups is 2. The summed E-state index contributed by atoms with van der Waals surface area (Å²) in [5.41, 5.74) is -0.396. The second kappa shape index (κ2) is 5.62. The first-order valence-corrected chi connectivity index (χ1v) is 5.68. The second-order valence-electron chi connectivity index (χ2n) is 4.96. The van der Waals surface area contributed by atoms with Crippen molar-refractivity contribution in [1.29, 1.82) is 0 Å². The average Bonchev–Trinajstić information content (AvgIpc) is 2.26. The third kappa shape index (κ3) is 4.81. The van der Waals surface area contributed by atoms with E-state index in [0.29, 0.717) is 5.75 Å². The Bertz CT molecular complexity index is 388. The fraction of sp³-hybridized carbons (Fsp3) is 0.429. The van der Waals surface area contributed by atoms with Gasteiger partial charge in [-0.15, -0.1) is 0 Å². The molecule has 0 atom stereocenters. The van der Waals surface area contributed by atoms with Crippen LogP contribution >= 0.6 is 0 Å². The summed E-state index contributed by atoms with van der Waals surface area (Å²) in [4.78, 5) is 23.1. The first-order chi connectivity index (χ1) is 7.89. The van der Waals surface area contributed by atoms with Gasteiger partial charge < -0.3 is 4.74 Å². The van der Waals surface area contributed by atoms with Gasteiger partial charge in [0.1, 0.15) is 11.5 Å². The first kappa shape index (κ1) is 13.4. The van der Waals surface area contributed by atoms with Crippen LogP contribution in [0, 0.1) is 5.41 Å². The minimum absolute atomic E-state index is 0.0718. The van der Waals surface area contributed by atoms with Crippen LogP contribution in [0.3, 0.4) is 0 Å². The Balaban J connectivity index is 2.39. The molecule has 1 aromatic carbocycles. The molecule has 92 valence electrons. The number of ketones is 1. The van der Waals surface area contributed by atoms with E-state index >= 15 is 0 Å². The Hall–Kier alpha value is -1.64. The van der Waals surface area contributed by atoms with Crippen LogP contribution in [0.1, 0.15) is 33.6 Å². The third-order valence-corrected chi connectivity index (χ3v) is 2.37. The highest BCUT2D eigenvalue weighted by Crippen LogP contribution is 2.18. The van der Waals surface area contributed by atoms with Crippen LogP contribution in [0.25, 0.3) is 0 Å². The first-order valence-electron chi connectivity index (χ1n) is 5.68. The molecule has 3 nitrogen and oxygen atoms in total. The minimum atomic E-state index is -0.396. The third-order valence-electron chi connectivity index (χ3n) is 2.37. The van der Waals surface area contributed by atoms with E-state index in [2.05, 4.69) is 0 Å². The van der Waals surface area contributed by atoms with E-state index < -0.39 is 5.41 Å². The number of hydrogen-bond donors (Lipinski definition) is 0. The highest BCUT2D eigenvalue weighted by molar-refractivity contribution is 5.87. The number of carbonyl (C=O) groups excluding carboxylic acids is 2. The molecule has 0 spiro atoms. The van der Waals surface area contributed by atoms with Crippen molar-refractivity contribution >= 4 is 11.8 Å². The maximum absolute atomic E-state index is 11.6. The lowest BCUT2D eigenvalue weighted by Gasteiger charge is -2.15. The molecule has 0 saturated carbocycles. The summed E-state index contributed by atoms with van der Waals surface area (Å²) in [7, 11) is 0. The molecule has 0 fully saturated rings. The molecule has 0 aliphatic carbocycles. The molecule has 0 bridgehead atoms. The Morgan fingerprint density at radius 1 is 1.06 bits per heavy atom. The van der Waals surface area contributed by atoms with Gasteiger partial charge in [0, 0.05) is 11.8 Å². The van der Waals surface area contributed by atoms with Gasteiger partial charge in [-0.05, 0) is 12.1 Å². The lowest BCUT2D eigenvalue weighted by molar-refractivity contribution is -0.137. The normalized spacial score (nSPS) is 11.0. The number of esters is 1. The van der Waals surface area contributed by atoms with Gasteiger partial charge in [0.2, 0.25) is 0 Å². The lowest BCUT2D eigenvalue weighted by atomic mass is 9.88. The highest BCUT2D eigenvalue weighted by atomic mass is 16.5. The molecule has 0 aliphatic heterocycles. The molecule has 1 aromatic rings. The van der Waals surface area contributed by atoms with E-state index in [1.165, 1.54) is 0 Å². The van der Waals surface area contributed by atoms with Crippen LogP contribution in [0.15, 0.2) is 30.3 Å². The lowest BCUT2D eigenvalue weighted by Crippen LogP contribution is -2.21. The standard InChI is InChI=1S/C14H18O3/c1-14(2,3)12(15)9-10-13(16)17-11-7-5-4-6-8-11/h4-8H,9-10H2,1-3H3. The Morgan fingerprint density at radius 2 is 1.65 bits per heavy atom. The molecule has 0 heterocycles. The van der Waals surface area contributed by atoms with Gasteiger partial charge in [-0.25, -0.2) is 0 Å². The zero-order valence-corrected chi connectivity index (χ0v) is 10.5. The van der Waals surface area contributed by atoms with Gasteiger partial charge in [0.15, 0.2) is 0 Å². The molecule has 1 rings (SSSR count). The van der Waals surface area contributed by atoms with Crippen LogP contribution in [0.5, 0.6) is 5.75 Å². The molecule has 0 N–H and O–H groups in total. The molecule has 0 aromatic heterocycles. The number of hydrogen-bond acceptors (Lipinski definition) is 3. The molecule has 0 aliphatic rings. The fourth-order valence-corrected chi connectivity index (χ4v) is 1.26. The Kier molecular flexibility index (Phi) is 4.44. The van der Waals surface area contributed by atoms with Crippen molar-refractivity contribution in [2.75, 3.05) is 0 Å². The maximum Gasteiger partial charge on any atom is 0.311 e. The highest BCUT2D eigenvalue weighted by Gasteiger charge is 2.21. The van der Waals surface area contributed by atoms with E-state index in [9.17, 15) is 9.59 Å². The van der Waals surface area contributed by atoms with Crippen molar-refractivity contribution in [2.45, 2.75) is 33.6 Å². The van der Waals surface area contributed by atoms with E-state index in [1.54, 1.807) is 24.3 Å². The van der Waals surface area contributed by atoms with Gasteiger partial charge in [-0.2, -0.15) is 0 Å². The summed E-state index contributed by atoms with van der Waals surface area (Å²) in [6.07, 6.45) is 0.361. The van der Waals surface area contributed by atoms with E-state index in [1.807, 2.05) is 26.8 Å². The summed E-state index contributed by atoms with van der Waals surface area (Å²) in [5, 5.41) is 0. The van der Waals surface area contributed by atoms with Crippen molar-refractivity contribution in [3.63, 3.8) is 0 Å². The van der Waals surface area contributed by atoms with Crippen LogP contribution in [-0.4, -0.2) is 11.8 Å². The van der Waals surface area contributed by atoms with E-state index in [-0.39, 0.29) is 24.6 Å². The summed E-state index contributed by atoms with van der Waals surface area (Å²) in [6.45, 7) is 5.54. The quantitative estimate of drug-likeness (QED) is 0.594. The molecule has 0 saturated heterocycles. The maximum atomic E-state index is 11.6. The molecule has 0 unspecified atom stereocenters. The van der Waals surface area contributed by atoms with Gasteiger partial charge in [-0.1, -0.05) is 39.0 Å². The van der Waals surface area contributed by atoms with Crippen molar-refractivity contribution < 1.29 is 14.3 Å². The largest absolute Gasteiger partial charge is 0.427 e. The minimum Gasteiger partial charge on any atom is -0.427 e. The molecule has 17 heavy (non-hydrogen) atoms. The fourth-order valence-electron chi connectivity index (χ4n) is 1.26. The predicted octanol–water partition coefficient (Wildman–Crippen LogP) is 2.99. The number of para-hydroxylation sites is 1. The second-order valence-corrected chi connectivity index (χ2v) is 4.96. The van der Waals surface area contributed by atoms with Gasteiger partial charge >= 0.3 is 5.97 Å². The topological polar surface area (TPSA) is 43.4 Å². The van der Waals surface area contributed by atoms with Crippen LogP contribution in [0.4, 0.5) is 0 Å². The van der Waals surface area contributed by atoms with Gasteiger partial charge in [0.05, 0.1) is 6.42 Å². The van der Waals surface area contributed by atoms with Crippen molar-refractivity contribution in [2.24, 2.45) is 5.41 Å². The molecular weight excluding hydrogens is 216 g/mol. The van der Waals surface area contributed by atoms with Crippen LogP contribution in [-0.2, 0) is 9.59 Å². The summed E-state index contributed by atoms with van der Waals surface area (Å²) in [5.74, 6) is 0.219. The molecule has 0 radical (unpaired) electrons. The number of rotatable bonds is 4. The summed E-state index contributed by atoms with van der Waals surface area (Å²) in [6, 6.07) is 8.86. The Morgan fingerprint density at radius 3 is 2.18 bits per heavy atom. The van der Waals surface area contributed by atoms with Gasteiger partial charge in [-0.3, -0.25) is 9.59 Å². The van der Waals surface area contributed by atoms with Gasteiger partial charge in [0.25, 0.3) is 0 Å². The average molecular weight is 234 g/mol. The molecular formula is C14H18O3. The monoisotopic (exact) mass is 234 g/mol. The van der Waals surface area contributed by atoms with E-state index in [0.717, 1.165) is 0 Å². The zero-order valence-electron chi connectivity index (χ0n) is 10.5. The predicted molar refractivity (Wildman–Crippen MR) is 65.8 cm³/mol. The van der Waals surface area contributed by atoms with Crippen molar-refractivity contribution in [1.82, 2.24) is 0 Å². The zero-order chi connectivity index (χ0) is 12.9. The summed E-state index contributed by atoms with van der Waals surface area (Å²) >= 11 is 0. The number of ether oxygens (including phenoxy) is 1. The van der Waals surface area contributed by atoms with Crippen molar-refractivity contribution in [3.05, 3.63) is 30.3 Å². The Labute approximate surface area is 102 Å². The number of Topliss-reactive ketones (excluding diaryl/α,β-unsaturated/α-hetero) is 1.